The van der Waals surface area contributed by atoms with Gasteiger partial charge in [-0.1, -0.05) is 6.07 Å². The Morgan fingerprint density at radius 2 is 2.00 bits per heavy atom. The Labute approximate surface area is 97.9 Å². The number of nitrogens with zero attached hydrogens (tertiary/aromatic N) is 1. The summed E-state index contributed by atoms with van der Waals surface area (Å²) >= 11 is 0. The van der Waals surface area contributed by atoms with E-state index in [1.54, 1.807) is 0 Å². The average Bonchev–Trinajstić information content (AvgIpc) is 2.36. The van der Waals surface area contributed by atoms with Crippen LogP contribution in [-0.2, 0) is 9.53 Å². The van der Waals surface area contributed by atoms with Crippen LogP contribution in [0.15, 0.2) is 18.3 Å². The number of methoxy groups -OCH3 is 1. The highest BCUT2D eigenvalue weighted by Crippen LogP contribution is 2.17. The summed E-state index contributed by atoms with van der Waals surface area (Å²) in [7, 11) is 1.11. The van der Waals surface area contributed by atoms with Gasteiger partial charge in [-0.15, -0.1) is 0 Å². The summed E-state index contributed by atoms with van der Waals surface area (Å²) in [4.78, 5) is 25.8. The van der Waals surface area contributed by atoms with Gasteiger partial charge in [-0.25, -0.2) is 4.79 Å². The number of aromatic nitrogens is 1. The molecule has 1 aromatic heterocycles. The van der Waals surface area contributed by atoms with Gasteiger partial charge in [0, 0.05) is 18.7 Å². The van der Waals surface area contributed by atoms with Gasteiger partial charge in [0.2, 0.25) is 0 Å². The van der Waals surface area contributed by atoms with Crippen LogP contribution < -0.4 is 0 Å². The van der Waals surface area contributed by atoms with Crippen LogP contribution in [0.5, 0.6) is 0 Å². The topological polar surface area (TPSA) is 96.7 Å². The van der Waals surface area contributed by atoms with Crippen LogP contribution in [-0.4, -0.2) is 40.2 Å². The Hall–Kier alpha value is -1.79. The molecule has 0 aromatic carbocycles. The molecule has 0 saturated heterocycles. The predicted molar refractivity (Wildman–Crippen MR) is 57.2 cm³/mol. The molecule has 17 heavy (non-hydrogen) atoms. The molecule has 6 heteroatoms. The van der Waals surface area contributed by atoms with E-state index in [-0.39, 0.29) is 17.0 Å². The van der Waals surface area contributed by atoms with Crippen LogP contribution in [0.4, 0.5) is 0 Å². The number of hydrogen-bond acceptors (Lipinski definition) is 6. The number of aliphatic hydroxyl groups is 2. The highest BCUT2D eigenvalue weighted by molar-refractivity contribution is 5.92. The van der Waals surface area contributed by atoms with E-state index in [4.69, 9.17) is 0 Å². The maximum Gasteiger partial charge on any atom is 0.337 e. The van der Waals surface area contributed by atoms with Crippen LogP contribution in [0.2, 0.25) is 0 Å². The van der Waals surface area contributed by atoms with E-state index in [0.29, 0.717) is 0 Å². The lowest BCUT2D eigenvalue weighted by molar-refractivity contribution is -0.156. The molecule has 1 aromatic rings. The maximum absolute atomic E-state index is 11.0. The molecular weight excluding hydrogens is 226 g/mol. The first-order chi connectivity index (χ1) is 7.97. The number of aliphatic hydroxyl groups excluding tert-OH is 2. The van der Waals surface area contributed by atoms with Crippen molar-refractivity contribution in [3.8, 4) is 0 Å². The zero-order chi connectivity index (χ0) is 13.0. The second-order valence-electron chi connectivity index (χ2n) is 3.45. The minimum Gasteiger partial charge on any atom is -0.467 e. The number of Topliss-reactive ketones (excluding diaryl/α,β-unsaturated/α-hetero) is 1. The van der Waals surface area contributed by atoms with E-state index in [1.165, 1.54) is 25.3 Å². The zero-order valence-corrected chi connectivity index (χ0v) is 9.45. The molecule has 2 N–H and O–H groups in total. The van der Waals surface area contributed by atoms with E-state index in [2.05, 4.69) is 9.72 Å². The highest BCUT2D eigenvalue weighted by atomic mass is 16.5. The lowest BCUT2D eigenvalue weighted by Crippen LogP contribution is -2.29. The second-order valence-corrected chi connectivity index (χ2v) is 3.45. The molecule has 2 unspecified atom stereocenters. The van der Waals surface area contributed by atoms with Crippen LogP contribution in [0.25, 0.3) is 0 Å². The number of hydrogen-bond donors (Lipinski definition) is 2. The summed E-state index contributed by atoms with van der Waals surface area (Å²) in [5.74, 6) is -1.15. The van der Waals surface area contributed by atoms with Gasteiger partial charge in [0.25, 0.3) is 0 Å². The zero-order valence-electron chi connectivity index (χ0n) is 9.45. The Morgan fingerprint density at radius 1 is 1.35 bits per heavy atom. The van der Waals surface area contributed by atoms with Crippen molar-refractivity contribution in [3.63, 3.8) is 0 Å². The molecule has 0 aliphatic carbocycles. The molecule has 0 amide bonds. The fraction of sp³-hybridized carbons (Fsp3) is 0.364. The van der Waals surface area contributed by atoms with Crippen LogP contribution in [0.1, 0.15) is 29.1 Å². The normalized spacial score (nSPS) is 13.9. The maximum atomic E-state index is 11.0. The van der Waals surface area contributed by atoms with Crippen molar-refractivity contribution in [3.05, 3.63) is 29.6 Å². The molecule has 0 radical (unpaired) electrons. The number of pyridine rings is 1. The summed E-state index contributed by atoms with van der Waals surface area (Å²) < 4.78 is 4.29. The number of ketones is 1. The molecule has 92 valence electrons. The third-order valence-corrected chi connectivity index (χ3v) is 2.23. The molecule has 0 bridgehead atoms. The van der Waals surface area contributed by atoms with E-state index in [9.17, 15) is 19.8 Å². The Morgan fingerprint density at radius 3 is 2.41 bits per heavy atom. The fourth-order valence-corrected chi connectivity index (χ4v) is 1.22. The van der Waals surface area contributed by atoms with Gasteiger partial charge < -0.3 is 14.9 Å². The minimum atomic E-state index is -1.68. The smallest absolute Gasteiger partial charge is 0.337 e. The molecule has 2 atom stereocenters. The average molecular weight is 239 g/mol. The standard InChI is InChI=1S/C11H13NO5/c1-6(13)8-4-3-7(5-12-8)9(14)10(15)11(16)17-2/h3-5,9-10,14-15H,1-2H3. The van der Waals surface area contributed by atoms with Gasteiger partial charge in [0.1, 0.15) is 11.8 Å². The fourth-order valence-electron chi connectivity index (χ4n) is 1.22. The van der Waals surface area contributed by atoms with Gasteiger partial charge in [-0.3, -0.25) is 9.78 Å². The third-order valence-electron chi connectivity index (χ3n) is 2.23. The van der Waals surface area contributed by atoms with Crippen molar-refractivity contribution in [2.24, 2.45) is 0 Å². The lowest BCUT2D eigenvalue weighted by atomic mass is 10.1. The van der Waals surface area contributed by atoms with Crippen LogP contribution >= 0.6 is 0 Å². The molecule has 1 rings (SSSR count). The first-order valence-electron chi connectivity index (χ1n) is 4.88. The first-order valence-corrected chi connectivity index (χ1v) is 4.88. The lowest BCUT2D eigenvalue weighted by Gasteiger charge is -2.15. The SMILES string of the molecule is COC(=O)C(O)C(O)c1ccc(C(C)=O)nc1. The van der Waals surface area contributed by atoms with E-state index in [0.717, 1.165) is 7.11 Å². The van der Waals surface area contributed by atoms with E-state index in [1.807, 2.05) is 0 Å². The Kier molecular flexibility index (Phi) is 4.30. The molecule has 0 aliphatic heterocycles. The molecule has 0 spiro atoms. The quantitative estimate of drug-likeness (QED) is 0.560. The summed E-state index contributed by atoms with van der Waals surface area (Å²) in [6.07, 6.45) is -1.88. The first kappa shape index (κ1) is 13.3. The number of carbonyl (C=O) groups is 2. The number of ether oxygens (including phenoxy) is 1. The molecule has 1 heterocycles. The monoisotopic (exact) mass is 239 g/mol. The molecular formula is C11H13NO5. The summed E-state index contributed by atoms with van der Waals surface area (Å²) in [6, 6.07) is 2.82. The Bertz CT molecular complexity index is 414. The summed E-state index contributed by atoms with van der Waals surface area (Å²) in [5.41, 5.74) is 0.474. The van der Waals surface area contributed by atoms with Crippen molar-refractivity contribution < 1.29 is 24.5 Å². The summed E-state index contributed by atoms with van der Waals surface area (Å²) in [5, 5.41) is 19.0. The predicted octanol–water partition coefficient (Wildman–Crippen LogP) is -0.148. The van der Waals surface area contributed by atoms with Crippen molar-refractivity contribution in [2.45, 2.75) is 19.1 Å². The summed E-state index contributed by atoms with van der Waals surface area (Å²) in [6.45, 7) is 1.36. The second kappa shape index (κ2) is 5.51. The van der Waals surface area contributed by atoms with E-state index < -0.39 is 18.2 Å². The number of esters is 1. The number of carbonyl (C=O) groups excluding carboxylic acids is 2. The van der Waals surface area contributed by atoms with Crippen molar-refractivity contribution in [1.82, 2.24) is 4.98 Å². The minimum absolute atomic E-state index is 0.209. The number of rotatable bonds is 4. The van der Waals surface area contributed by atoms with Gasteiger partial charge in [0.05, 0.1) is 7.11 Å². The van der Waals surface area contributed by atoms with Gasteiger partial charge in [-0.2, -0.15) is 0 Å². The molecule has 0 fully saturated rings. The Balaban J connectivity index is 2.86. The van der Waals surface area contributed by atoms with Crippen molar-refractivity contribution in [2.75, 3.05) is 7.11 Å². The molecule has 6 nitrogen and oxygen atoms in total. The van der Waals surface area contributed by atoms with Crippen molar-refractivity contribution >= 4 is 11.8 Å². The van der Waals surface area contributed by atoms with Crippen LogP contribution in [0, 0.1) is 0 Å². The largest absolute Gasteiger partial charge is 0.467 e. The highest BCUT2D eigenvalue weighted by Gasteiger charge is 2.26. The molecule has 0 saturated carbocycles. The molecule has 0 aliphatic rings. The third kappa shape index (κ3) is 3.08. The van der Waals surface area contributed by atoms with Gasteiger partial charge >= 0.3 is 5.97 Å². The van der Waals surface area contributed by atoms with Crippen molar-refractivity contribution in [1.29, 1.82) is 0 Å². The van der Waals surface area contributed by atoms with Crippen LogP contribution in [0.3, 0.4) is 0 Å². The van der Waals surface area contributed by atoms with Gasteiger partial charge in [-0.05, 0) is 6.07 Å². The van der Waals surface area contributed by atoms with Gasteiger partial charge in [0.15, 0.2) is 11.9 Å². The van der Waals surface area contributed by atoms with E-state index >= 15 is 0 Å².